The zero-order chi connectivity index (χ0) is 9.56. The highest BCUT2D eigenvalue weighted by molar-refractivity contribution is 5.72. The molecule has 0 spiro atoms. The predicted octanol–water partition coefficient (Wildman–Crippen LogP) is 2.54. The number of allylic oxidation sites excluding steroid dienone is 1. The van der Waals surface area contributed by atoms with Crippen molar-refractivity contribution in [2.24, 2.45) is 5.92 Å². The van der Waals surface area contributed by atoms with Crippen LogP contribution in [-0.4, -0.2) is 13.1 Å². The molecular weight excluding hydrogens is 152 g/mol. The van der Waals surface area contributed by atoms with E-state index in [2.05, 4.69) is 18.2 Å². The Morgan fingerprint density at radius 3 is 2.58 bits per heavy atom. The van der Waals surface area contributed by atoms with Gasteiger partial charge < -0.3 is 4.74 Å². The fourth-order valence-corrected chi connectivity index (χ4v) is 1.17. The summed E-state index contributed by atoms with van der Waals surface area (Å²) in [5, 5.41) is 0. The quantitative estimate of drug-likeness (QED) is 0.468. The molecule has 0 aromatic rings. The average Bonchev–Trinajstić information content (AvgIpc) is 2.03. The minimum Gasteiger partial charge on any atom is -0.469 e. The summed E-state index contributed by atoms with van der Waals surface area (Å²) in [7, 11) is 1.42. The molecule has 0 amide bonds. The molecule has 0 N–H and O–H groups in total. The lowest BCUT2D eigenvalue weighted by Crippen LogP contribution is -2.13. The molecular formula is C10H18O2. The largest absolute Gasteiger partial charge is 0.469 e. The number of esters is 1. The first kappa shape index (κ1) is 11.2. The van der Waals surface area contributed by atoms with Gasteiger partial charge in [-0.05, 0) is 12.8 Å². The molecule has 12 heavy (non-hydrogen) atoms. The van der Waals surface area contributed by atoms with Gasteiger partial charge in [0.25, 0.3) is 0 Å². The fourth-order valence-electron chi connectivity index (χ4n) is 1.17. The van der Waals surface area contributed by atoms with Gasteiger partial charge in [0, 0.05) is 0 Å². The topological polar surface area (TPSA) is 26.3 Å². The van der Waals surface area contributed by atoms with E-state index in [1.54, 1.807) is 0 Å². The van der Waals surface area contributed by atoms with E-state index in [9.17, 15) is 4.79 Å². The van der Waals surface area contributed by atoms with Gasteiger partial charge in [0.15, 0.2) is 0 Å². The SMILES string of the molecule is C=C(CCC)CC(C)C(=O)OC. The van der Waals surface area contributed by atoms with Crippen LogP contribution in [0, 0.1) is 5.92 Å². The monoisotopic (exact) mass is 170 g/mol. The van der Waals surface area contributed by atoms with Crippen molar-refractivity contribution in [1.82, 2.24) is 0 Å². The Hall–Kier alpha value is -0.790. The van der Waals surface area contributed by atoms with Crippen molar-refractivity contribution < 1.29 is 9.53 Å². The molecule has 0 rings (SSSR count). The lowest BCUT2D eigenvalue weighted by Gasteiger charge is -2.09. The van der Waals surface area contributed by atoms with Crippen LogP contribution in [0.2, 0.25) is 0 Å². The maximum atomic E-state index is 11.0. The number of ether oxygens (including phenoxy) is 1. The second kappa shape index (κ2) is 5.81. The van der Waals surface area contributed by atoms with E-state index in [0.717, 1.165) is 24.8 Å². The number of carbonyl (C=O) groups is 1. The van der Waals surface area contributed by atoms with Gasteiger partial charge in [0.1, 0.15) is 0 Å². The third-order valence-corrected chi connectivity index (χ3v) is 1.80. The van der Waals surface area contributed by atoms with Crippen LogP contribution in [0.4, 0.5) is 0 Å². The van der Waals surface area contributed by atoms with Gasteiger partial charge in [-0.1, -0.05) is 32.4 Å². The van der Waals surface area contributed by atoms with Crippen LogP contribution in [0.1, 0.15) is 33.1 Å². The average molecular weight is 170 g/mol. The standard InChI is InChI=1S/C10H18O2/c1-5-6-8(2)7-9(3)10(11)12-4/h9H,2,5-7H2,1,3-4H3. The molecule has 2 nitrogen and oxygen atoms in total. The molecule has 0 saturated carbocycles. The van der Waals surface area contributed by atoms with Crippen molar-refractivity contribution in [3.8, 4) is 0 Å². The van der Waals surface area contributed by atoms with Crippen molar-refractivity contribution >= 4 is 5.97 Å². The van der Waals surface area contributed by atoms with Gasteiger partial charge in [-0.25, -0.2) is 0 Å². The first-order chi connectivity index (χ1) is 5.61. The Bertz CT molecular complexity index is 161. The minimum absolute atomic E-state index is 0.0472. The summed E-state index contributed by atoms with van der Waals surface area (Å²) in [4.78, 5) is 11.0. The van der Waals surface area contributed by atoms with Gasteiger partial charge in [0.05, 0.1) is 13.0 Å². The number of methoxy groups -OCH3 is 1. The summed E-state index contributed by atoms with van der Waals surface area (Å²) in [6.07, 6.45) is 2.84. The van der Waals surface area contributed by atoms with Crippen molar-refractivity contribution in [2.75, 3.05) is 7.11 Å². The van der Waals surface area contributed by atoms with E-state index < -0.39 is 0 Å². The summed E-state index contributed by atoms with van der Waals surface area (Å²) in [5.41, 5.74) is 1.13. The van der Waals surface area contributed by atoms with Crippen LogP contribution in [0.15, 0.2) is 12.2 Å². The van der Waals surface area contributed by atoms with Gasteiger partial charge in [-0.2, -0.15) is 0 Å². The fraction of sp³-hybridized carbons (Fsp3) is 0.700. The van der Waals surface area contributed by atoms with Crippen molar-refractivity contribution in [3.05, 3.63) is 12.2 Å². The van der Waals surface area contributed by atoms with Crippen LogP contribution >= 0.6 is 0 Å². The van der Waals surface area contributed by atoms with Crippen LogP contribution < -0.4 is 0 Å². The van der Waals surface area contributed by atoms with Crippen molar-refractivity contribution in [2.45, 2.75) is 33.1 Å². The van der Waals surface area contributed by atoms with Gasteiger partial charge >= 0.3 is 5.97 Å². The summed E-state index contributed by atoms with van der Waals surface area (Å²) in [5.74, 6) is -0.193. The third kappa shape index (κ3) is 4.16. The number of rotatable bonds is 5. The Morgan fingerprint density at radius 1 is 1.58 bits per heavy atom. The molecule has 0 aliphatic rings. The second-order valence-corrected chi connectivity index (χ2v) is 3.13. The molecule has 0 aliphatic heterocycles. The van der Waals surface area contributed by atoms with E-state index in [1.807, 2.05) is 6.92 Å². The molecule has 0 radical (unpaired) electrons. The highest BCUT2D eigenvalue weighted by Gasteiger charge is 2.13. The molecule has 0 bridgehead atoms. The first-order valence-corrected chi connectivity index (χ1v) is 4.36. The van der Waals surface area contributed by atoms with E-state index >= 15 is 0 Å². The van der Waals surface area contributed by atoms with Gasteiger partial charge in [0.2, 0.25) is 0 Å². The van der Waals surface area contributed by atoms with Crippen LogP contribution in [0.25, 0.3) is 0 Å². The predicted molar refractivity (Wildman–Crippen MR) is 49.8 cm³/mol. The maximum Gasteiger partial charge on any atom is 0.308 e. The summed E-state index contributed by atoms with van der Waals surface area (Å²) < 4.78 is 4.61. The van der Waals surface area contributed by atoms with E-state index in [1.165, 1.54) is 7.11 Å². The third-order valence-electron chi connectivity index (χ3n) is 1.80. The zero-order valence-corrected chi connectivity index (χ0v) is 8.22. The van der Waals surface area contributed by atoms with Gasteiger partial charge in [-0.3, -0.25) is 4.79 Å². The molecule has 0 aliphatic carbocycles. The number of hydrogen-bond acceptors (Lipinski definition) is 2. The Labute approximate surface area is 74.6 Å². The molecule has 0 aromatic carbocycles. The van der Waals surface area contributed by atoms with Crippen molar-refractivity contribution in [1.29, 1.82) is 0 Å². The normalized spacial score (nSPS) is 12.2. The summed E-state index contributed by atoms with van der Waals surface area (Å²) in [6.45, 7) is 7.87. The van der Waals surface area contributed by atoms with Crippen LogP contribution in [0.5, 0.6) is 0 Å². The van der Waals surface area contributed by atoms with Crippen molar-refractivity contribution in [3.63, 3.8) is 0 Å². The van der Waals surface area contributed by atoms with E-state index in [4.69, 9.17) is 0 Å². The number of hydrogen-bond donors (Lipinski definition) is 0. The number of carbonyl (C=O) groups excluding carboxylic acids is 1. The molecule has 0 fully saturated rings. The van der Waals surface area contributed by atoms with Gasteiger partial charge in [-0.15, -0.1) is 0 Å². The Kier molecular flexibility index (Phi) is 5.43. The Morgan fingerprint density at radius 2 is 2.17 bits per heavy atom. The van der Waals surface area contributed by atoms with Crippen LogP contribution in [-0.2, 0) is 9.53 Å². The molecule has 70 valence electrons. The van der Waals surface area contributed by atoms with Crippen LogP contribution in [0.3, 0.4) is 0 Å². The maximum absolute atomic E-state index is 11.0. The molecule has 1 unspecified atom stereocenters. The smallest absolute Gasteiger partial charge is 0.308 e. The highest BCUT2D eigenvalue weighted by atomic mass is 16.5. The molecule has 0 aromatic heterocycles. The lowest BCUT2D eigenvalue weighted by atomic mass is 9.99. The minimum atomic E-state index is -0.146. The zero-order valence-electron chi connectivity index (χ0n) is 8.22. The second-order valence-electron chi connectivity index (χ2n) is 3.13. The van der Waals surface area contributed by atoms with E-state index in [-0.39, 0.29) is 11.9 Å². The lowest BCUT2D eigenvalue weighted by molar-refractivity contribution is -0.144. The Balaban J connectivity index is 3.75. The summed E-state index contributed by atoms with van der Waals surface area (Å²) >= 11 is 0. The van der Waals surface area contributed by atoms with E-state index in [0.29, 0.717) is 0 Å². The molecule has 0 heterocycles. The first-order valence-electron chi connectivity index (χ1n) is 4.36. The molecule has 1 atom stereocenters. The summed E-state index contributed by atoms with van der Waals surface area (Å²) in [6, 6.07) is 0. The molecule has 0 saturated heterocycles. The molecule has 2 heteroatoms. The highest BCUT2D eigenvalue weighted by Crippen LogP contribution is 2.15.